The first-order valence-electron chi connectivity index (χ1n) is 6.76. The second-order valence-electron chi connectivity index (χ2n) is 5.10. The van der Waals surface area contributed by atoms with Gasteiger partial charge >= 0.3 is 0 Å². The minimum Gasteiger partial charge on any atom is -0.314 e. The first kappa shape index (κ1) is 17.0. The summed E-state index contributed by atoms with van der Waals surface area (Å²) >= 11 is 8.96. The molecule has 1 fully saturated rings. The molecule has 0 spiro atoms. The molecule has 21 heavy (non-hydrogen) atoms. The normalized spacial score (nSPS) is 15.2. The van der Waals surface area contributed by atoms with E-state index >= 15 is 0 Å². The number of rotatable bonds is 8. The number of hydrogen-bond acceptors (Lipinski definition) is 3. The Balaban J connectivity index is 1.85. The van der Waals surface area contributed by atoms with Crippen LogP contribution in [0, 0.1) is 5.82 Å². The van der Waals surface area contributed by atoms with Crippen LogP contribution in [-0.4, -0.2) is 26.8 Å². The highest BCUT2D eigenvalue weighted by molar-refractivity contribution is 9.10. The molecule has 8 heteroatoms. The Morgan fingerprint density at radius 1 is 1.33 bits per heavy atom. The van der Waals surface area contributed by atoms with Crippen molar-refractivity contribution >= 4 is 43.2 Å². The monoisotopic (exact) mass is 398 g/mol. The van der Waals surface area contributed by atoms with Crippen molar-refractivity contribution in [2.45, 2.75) is 31.7 Å². The molecule has 0 amide bonds. The van der Waals surface area contributed by atoms with E-state index in [2.05, 4.69) is 26.0 Å². The number of unbranched alkanes of at least 4 members (excludes halogenated alkanes) is 1. The maximum Gasteiger partial charge on any atom is 0.232 e. The maximum atomic E-state index is 13.1. The van der Waals surface area contributed by atoms with E-state index in [1.165, 1.54) is 18.9 Å². The summed E-state index contributed by atoms with van der Waals surface area (Å²) in [5.41, 5.74) is 0.175. The first-order chi connectivity index (χ1) is 9.87. The van der Waals surface area contributed by atoms with Crippen molar-refractivity contribution in [1.29, 1.82) is 0 Å². The van der Waals surface area contributed by atoms with Crippen LogP contribution in [0.2, 0.25) is 5.02 Å². The van der Waals surface area contributed by atoms with Crippen LogP contribution < -0.4 is 10.0 Å². The van der Waals surface area contributed by atoms with E-state index in [0.717, 1.165) is 19.0 Å². The third kappa shape index (κ3) is 5.73. The fraction of sp³-hybridized carbons (Fsp3) is 0.538. The third-order valence-electron chi connectivity index (χ3n) is 3.11. The lowest BCUT2D eigenvalue weighted by Gasteiger charge is -2.11. The van der Waals surface area contributed by atoms with E-state index in [9.17, 15) is 12.8 Å². The molecule has 4 nitrogen and oxygen atoms in total. The molecular formula is C13H17BrClFN2O2S. The van der Waals surface area contributed by atoms with Gasteiger partial charge in [-0.3, -0.25) is 4.72 Å². The predicted molar refractivity (Wildman–Crippen MR) is 86.8 cm³/mol. The molecular weight excluding hydrogens is 383 g/mol. The molecule has 118 valence electrons. The summed E-state index contributed by atoms with van der Waals surface area (Å²) in [5, 5.41) is 3.36. The van der Waals surface area contributed by atoms with Gasteiger partial charge in [0.15, 0.2) is 0 Å². The molecule has 0 aromatic heterocycles. The Morgan fingerprint density at radius 2 is 2.05 bits per heavy atom. The van der Waals surface area contributed by atoms with Crippen LogP contribution in [0.4, 0.5) is 10.1 Å². The van der Waals surface area contributed by atoms with Crippen LogP contribution in [-0.2, 0) is 10.0 Å². The molecule has 0 bridgehead atoms. The Bertz CT molecular complexity index is 585. The van der Waals surface area contributed by atoms with Gasteiger partial charge in [0.2, 0.25) is 10.0 Å². The highest BCUT2D eigenvalue weighted by atomic mass is 79.9. The second-order valence-corrected chi connectivity index (χ2v) is 8.20. The SMILES string of the molecule is O=S(=O)(CCCCNC1CC1)Nc1c(Cl)cc(F)cc1Br. The molecule has 0 aliphatic heterocycles. The summed E-state index contributed by atoms with van der Waals surface area (Å²) in [6, 6.07) is 2.88. The summed E-state index contributed by atoms with van der Waals surface area (Å²) in [4.78, 5) is 0. The number of sulfonamides is 1. The molecule has 1 saturated carbocycles. The summed E-state index contributed by atoms with van der Waals surface area (Å²) < 4.78 is 39.8. The molecule has 1 aliphatic carbocycles. The average molecular weight is 400 g/mol. The van der Waals surface area contributed by atoms with Crippen molar-refractivity contribution in [2.75, 3.05) is 17.0 Å². The van der Waals surface area contributed by atoms with Gasteiger partial charge < -0.3 is 5.32 Å². The van der Waals surface area contributed by atoms with Crippen molar-refractivity contribution in [3.05, 3.63) is 27.4 Å². The average Bonchev–Trinajstić information content (AvgIpc) is 3.17. The van der Waals surface area contributed by atoms with Crippen molar-refractivity contribution in [2.24, 2.45) is 0 Å². The van der Waals surface area contributed by atoms with E-state index in [1.807, 2.05) is 0 Å². The van der Waals surface area contributed by atoms with E-state index in [-0.39, 0.29) is 20.9 Å². The lowest BCUT2D eigenvalue weighted by atomic mass is 10.3. The summed E-state index contributed by atoms with van der Waals surface area (Å²) in [7, 11) is -3.49. The van der Waals surface area contributed by atoms with Crippen molar-refractivity contribution in [1.82, 2.24) is 5.32 Å². The summed E-state index contributed by atoms with van der Waals surface area (Å²) in [6.45, 7) is 0.835. The molecule has 0 unspecified atom stereocenters. The van der Waals surface area contributed by atoms with Gasteiger partial charge in [0.25, 0.3) is 0 Å². The van der Waals surface area contributed by atoms with E-state index in [4.69, 9.17) is 11.6 Å². The molecule has 2 N–H and O–H groups in total. The van der Waals surface area contributed by atoms with Crippen LogP contribution in [0.25, 0.3) is 0 Å². The van der Waals surface area contributed by atoms with Gasteiger partial charge in [-0.1, -0.05) is 11.6 Å². The zero-order valence-corrected chi connectivity index (χ0v) is 14.5. The van der Waals surface area contributed by atoms with E-state index in [0.29, 0.717) is 12.5 Å². The number of nitrogens with one attached hydrogen (secondary N) is 2. The van der Waals surface area contributed by atoms with Gasteiger partial charge in [-0.25, -0.2) is 12.8 Å². The second kappa shape index (κ2) is 7.26. The molecule has 1 aromatic rings. The fourth-order valence-electron chi connectivity index (χ4n) is 1.86. The minimum absolute atomic E-state index is 0.0134. The van der Waals surface area contributed by atoms with Crippen molar-refractivity contribution in [3.63, 3.8) is 0 Å². The van der Waals surface area contributed by atoms with Crippen LogP contribution in [0.5, 0.6) is 0 Å². The largest absolute Gasteiger partial charge is 0.314 e. The number of hydrogen-bond donors (Lipinski definition) is 2. The van der Waals surface area contributed by atoms with Crippen LogP contribution in [0.3, 0.4) is 0 Å². The number of anilines is 1. The van der Waals surface area contributed by atoms with Gasteiger partial charge in [0, 0.05) is 10.5 Å². The molecule has 1 aromatic carbocycles. The molecule has 0 radical (unpaired) electrons. The van der Waals surface area contributed by atoms with E-state index < -0.39 is 15.8 Å². The molecule has 0 saturated heterocycles. The zero-order chi connectivity index (χ0) is 15.5. The Morgan fingerprint density at radius 3 is 2.67 bits per heavy atom. The Kier molecular flexibility index (Phi) is 5.88. The van der Waals surface area contributed by atoms with Gasteiger partial charge in [-0.05, 0) is 60.3 Å². The highest BCUT2D eigenvalue weighted by Crippen LogP contribution is 2.32. The van der Waals surface area contributed by atoms with Crippen molar-refractivity contribution < 1.29 is 12.8 Å². The highest BCUT2D eigenvalue weighted by Gasteiger charge is 2.20. The van der Waals surface area contributed by atoms with E-state index in [1.54, 1.807) is 0 Å². The molecule has 0 atom stereocenters. The Labute approximate surface area is 137 Å². The van der Waals surface area contributed by atoms with Crippen LogP contribution in [0.15, 0.2) is 16.6 Å². The lowest BCUT2D eigenvalue weighted by molar-refractivity contribution is 0.590. The summed E-state index contributed by atoms with van der Waals surface area (Å²) in [5.74, 6) is -0.513. The minimum atomic E-state index is -3.49. The standard InChI is InChI=1S/C13H17BrClFN2O2S/c14-11-7-9(16)8-12(15)13(11)18-21(19,20)6-2-1-5-17-10-3-4-10/h7-8,10,17-18H,1-6H2. The van der Waals surface area contributed by atoms with Crippen LogP contribution in [0.1, 0.15) is 25.7 Å². The van der Waals surface area contributed by atoms with Gasteiger partial charge in [-0.2, -0.15) is 0 Å². The quantitative estimate of drug-likeness (QED) is 0.658. The smallest absolute Gasteiger partial charge is 0.232 e. The van der Waals surface area contributed by atoms with Crippen molar-refractivity contribution in [3.8, 4) is 0 Å². The number of benzene rings is 1. The lowest BCUT2D eigenvalue weighted by Crippen LogP contribution is -2.20. The zero-order valence-electron chi connectivity index (χ0n) is 11.3. The fourth-order valence-corrected chi connectivity index (χ4v) is 4.16. The molecule has 0 heterocycles. The number of halogens is 3. The third-order valence-corrected chi connectivity index (χ3v) is 5.38. The van der Waals surface area contributed by atoms with Gasteiger partial charge in [0.1, 0.15) is 5.82 Å². The summed E-state index contributed by atoms with van der Waals surface area (Å²) in [6.07, 6.45) is 3.80. The van der Waals surface area contributed by atoms with Gasteiger partial charge in [0.05, 0.1) is 16.5 Å². The van der Waals surface area contributed by atoms with Gasteiger partial charge in [-0.15, -0.1) is 0 Å². The molecule has 1 aliphatic rings. The Hall–Kier alpha value is -0.370. The predicted octanol–water partition coefficient (Wildman–Crippen LogP) is 3.52. The van der Waals surface area contributed by atoms with Crippen LogP contribution >= 0.6 is 27.5 Å². The topological polar surface area (TPSA) is 58.2 Å². The first-order valence-corrected chi connectivity index (χ1v) is 9.58. The molecule has 2 rings (SSSR count). The maximum absolute atomic E-state index is 13.1.